The van der Waals surface area contributed by atoms with Gasteiger partial charge in [0, 0.05) is 24.0 Å². The Labute approximate surface area is 267 Å². The quantitative estimate of drug-likeness (QED) is 0.221. The van der Waals surface area contributed by atoms with Gasteiger partial charge in [-0.2, -0.15) is 0 Å². The van der Waals surface area contributed by atoms with Crippen LogP contribution < -0.4 is 5.32 Å². The smallest absolute Gasteiger partial charge is 0.338 e. The Balaban J connectivity index is 1.26. The van der Waals surface area contributed by atoms with E-state index in [1.165, 1.54) is 17.0 Å². The minimum Gasteiger partial charge on any atom is -0.478 e. The van der Waals surface area contributed by atoms with Gasteiger partial charge in [0.25, 0.3) is 0 Å². The van der Waals surface area contributed by atoms with E-state index in [2.05, 4.69) is 10.3 Å². The lowest BCUT2D eigenvalue weighted by Crippen LogP contribution is -2.47. The highest BCUT2D eigenvalue weighted by Gasteiger charge is 2.43. The molecule has 3 atom stereocenters. The van der Waals surface area contributed by atoms with Crippen LogP contribution in [0.25, 0.3) is 0 Å². The molecule has 0 radical (unpaired) electrons. The van der Waals surface area contributed by atoms with Gasteiger partial charge < -0.3 is 24.5 Å². The number of hydrogen-bond donors (Lipinski definition) is 2. The van der Waals surface area contributed by atoms with E-state index in [0.717, 1.165) is 16.7 Å². The largest absolute Gasteiger partial charge is 0.478 e. The van der Waals surface area contributed by atoms with Crippen molar-refractivity contribution in [2.45, 2.75) is 45.0 Å². The molecule has 2 aliphatic heterocycles. The maximum absolute atomic E-state index is 14.0. The highest BCUT2D eigenvalue weighted by molar-refractivity contribution is 5.95. The summed E-state index contributed by atoms with van der Waals surface area (Å²) in [6, 6.07) is 22.8. The molecule has 2 N–H and O–H groups in total. The summed E-state index contributed by atoms with van der Waals surface area (Å²) in [6.45, 7) is 5.04. The van der Waals surface area contributed by atoms with Crippen molar-refractivity contribution in [2.24, 2.45) is 5.92 Å². The van der Waals surface area contributed by atoms with Crippen LogP contribution in [-0.4, -0.2) is 50.7 Å². The van der Waals surface area contributed by atoms with E-state index >= 15 is 0 Å². The van der Waals surface area contributed by atoms with Crippen molar-refractivity contribution >= 4 is 18.0 Å². The number of allylic oxidation sites excluding steroid dienone is 1. The van der Waals surface area contributed by atoms with Crippen molar-refractivity contribution in [1.82, 2.24) is 19.8 Å². The number of aryl methyl sites for hydroxylation is 1. The third-order valence-corrected chi connectivity index (χ3v) is 8.71. The van der Waals surface area contributed by atoms with E-state index in [1.807, 2.05) is 72.3 Å². The van der Waals surface area contributed by atoms with Gasteiger partial charge in [0.15, 0.2) is 0 Å². The average Bonchev–Trinajstić information content (AvgIpc) is 3.74. The molecule has 3 heterocycles. The molecule has 10 nitrogen and oxygen atoms in total. The lowest BCUT2D eigenvalue weighted by Gasteiger charge is -2.35. The number of amides is 2. The standard InChI is InChI=1S/C36H36N4O6/c1-24-11-13-26(14-12-24)19-40-25(2)31(32(38-35(40)44)28-7-6-8-29(17-28)33(41)42)34(43)45-20-27-18-36(46-21-27,22-39-16-15-37-23-39)30-9-4-3-5-10-30/h3-17,23,27,32H,18-22H2,1-2H3,(H,38,44)(H,41,42)/t27-,32?,36+/m0/s1. The summed E-state index contributed by atoms with van der Waals surface area (Å²) in [7, 11) is 0. The minimum absolute atomic E-state index is 0.0532. The molecule has 3 aromatic carbocycles. The predicted molar refractivity (Wildman–Crippen MR) is 169 cm³/mol. The van der Waals surface area contributed by atoms with Gasteiger partial charge in [-0.25, -0.2) is 19.4 Å². The first-order chi connectivity index (χ1) is 22.2. The monoisotopic (exact) mass is 620 g/mol. The van der Waals surface area contributed by atoms with Crippen molar-refractivity contribution in [2.75, 3.05) is 13.2 Å². The summed E-state index contributed by atoms with van der Waals surface area (Å²) in [5, 5.41) is 12.5. The number of carbonyl (C=O) groups excluding carboxylic acids is 2. The van der Waals surface area contributed by atoms with Gasteiger partial charge in [-0.05, 0) is 49.1 Å². The fraction of sp³-hybridized carbons (Fsp3) is 0.278. The van der Waals surface area contributed by atoms with Gasteiger partial charge in [0.05, 0.1) is 49.8 Å². The summed E-state index contributed by atoms with van der Waals surface area (Å²) < 4.78 is 14.4. The molecular formula is C36H36N4O6. The number of nitrogens with zero attached hydrogens (tertiary/aromatic N) is 3. The van der Waals surface area contributed by atoms with Crippen LogP contribution >= 0.6 is 0 Å². The lowest BCUT2D eigenvalue weighted by molar-refractivity contribution is -0.141. The number of imidazole rings is 1. The molecule has 0 spiro atoms. The third-order valence-electron chi connectivity index (χ3n) is 8.71. The molecule has 2 amide bonds. The number of urea groups is 1. The Kier molecular flexibility index (Phi) is 8.72. The normalized spacial score (nSPS) is 21.3. The highest BCUT2D eigenvalue weighted by atomic mass is 16.5. The van der Waals surface area contributed by atoms with Crippen LogP contribution in [0.5, 0.6) is 0 Å². The van der Waals surface area contributed by atoms with Crippen LogP contribution in [0.4, 0.5) is 4.79 Å². The van der Waals surface area contributed by atoms with Crippen LogP contribution in [-0.2, 0) is 33.0 Å². The molecule has 2 aliphatic rings. The van der Waals surface area contributed by atoms with Crippen molar-refractivity contribution in [3.63, 3.8) is 0 Å². The second-order valence-electron chi connectivity index (χ2n) is 12.0. The molecule has 46 heavy (non-hydrogen) atoms. The van der Waals surface area contributed by atoms with E-state index < -0.39 is 29.6 Å². The Bertz CT molecular complexity index is 1750. The number of benzene rings is 3. The molecule has 6 rings (SSSR count). The third kappa shape index (κ3) is 6.43. The van der Waals surface area contributed by atoms with E-state index in [9.17, 15) is 19.5 Å². The number of aromatic nitrogens is 2. The van der Waals surface area contributed by atoms with Gasteiger partial charge in [0.1, 0.15) is 5.60 Å². The molecule has 0 aliphatic carbocycles. The van der Waals surface area contributed by atoms with Crippen LogP contribution in [0, 0.1) is 12.8 Å². The average molecular weight is 621 g/mol. The summed E-state index contributed by atoms with van der Waals surface area (Å²) >= 11 is 0. The highest BCUT2D eigenvalue weighted by Crippen LogP contribution is 2.41. The summed E-state index contributed by atoms with van der Waals surface area (Å²) in [4.78, 5) is 44.9. The molecule has 0 saturated carbocycles. The molecule has 10 heteroatoms. The number of aromatic carboxylic acids is 1. The number of esters is 1. The van der Waals surface area contributed by atoms with Crippen LogP contribution in [0.1, 0.15) is 52.0 Å². The molecule has 1 unspecified atom stereocenters. The molecule has 1 fully saturated rings. The molecule has 4 aromatic rings. The van der Waals surface area contributed by atoms with Crippen molar-refractivity contribution in [1.29, 1.82) is 0 Å². The Morgan fingerprint density at radius 3 is 2.57 bits per heavy atom. The van der Waals surface area contributed by atoms with Crippen LogP contribution in [0.3, 0.4) is 0 Å². The van der Waals surface area contributed by atoms with E-state index in [4.69, 9.17) is 9.47 Å². The Morgan fingerprint density at radius 2 is 1.85 bits per heavy atom. The van der Waals surface area contributed by atoms with Gasteiger partial charge in [-0.15, -0.1) is 0 Å². The van der Waals surface area contributed by atoms with Gasteiger partial charge in [-0.1, -0.05) is 72.3 Å². The second kappa shape index (κ2) is 13.0. The minimum atomic E-state index is -1.10. The first kappa shape index (κ1) is 30.8. The summed E-state index contributed by atoms with van der Waals surface area (Å²) in [5.41, 5.74) is 3.65. The number of nitrogens with one attached hydrogen (secondary N) is 1. The Morgan fingerprint density at radius 1 is 1.07 bits per heavy atom. The zero-order valence-corrected chi connectivity index (χ0v) is 25.8. The van der Waals surface area contributed by atoms with E-state index in [-0.39, 0.29) is 30.2 Å². The first-order valence-corrected chi connectivity index (χ1v) is 15.2. The van der Waals surface area contributed by atoms with Gasteiger partial charge in [0.2, 0.25) is 0 Å². The van der Waals surface area contributed by atoms with Crippen molar-refractivity contribution in [3.8, 4) is 0 Å². The SMILES string of the molecule is CC1=C(C(=O)OC[C@H]2CO[C@](Cn3ccnc3)(c3ccccc3)C2)C(c2cccc(C(=O)O)c2)NC(=O)N1Cc1ccc(C)cc1. The fourth-order valence-electron chi connectivity index (χ4n) is 6.27. The molecule has 0 bridgehead atoms. The Hall–Kier alpha value is -5.22. The molecule has 1 saturated heterocycles. The van der Waals surface area contributed by atoms with E-state index in [0.29, 0.717) is 30.8 Å². The zero-order valence-electron chi connectivity index (χ0n) is 25.8. The lowest BCUT2D eigenvalue weighted by atomic mass is 9.87. The number of ether oxygens (including phenoxy) is 2. The maximum Gasteiger partial charge on any atom is 0.338 e. The fourth-order valence-corrected chi connectivity index (χ4v) is 6.27. The molecular weight excluding hydrogens is 584 g/mol. The summed E-state index contributed by atoms with van der Waals surface area (Å²) in [6.07, 6.45) is 6.02. The number of carbonyl (C=O) groups is 3. The topological polar surface area (TPSA) is 123 Å². The van der Waals surface area contributed by atoms with Crippen molar-refractivity contribution < 1.29 is 29.0 Å². The van der Waals surface area contributed by atoms with E-state index in [1.54, 1.807) is 31.6 Å². The number of rotatable bonds is 10. The number of carboxylic acids is 1. The van der Waals surface area contributed by atoms with Gasteiger partial charge >= 0.3 is 18.0 Å². The van der Waals surface area contributed by atoms with Crippen LogP contribution in [0.2, 0.25) is 0 Å². The molecule has 236 valence electrons. The van der Waals surface area contributed by atoms with Crippen LogP contribution in [0.15, 0.2) is 109 Å². The first-order valence-electron chi connectivity index (χ1n) is 15.2. The van der Waals surface area contributed by atoms with Crippen molar-refractivity contribution in [3.05, 3.63) is 137 Å². The second-order valence-corrected chi connectivity index (χ2v) is 12.0. The number of hydrogen-bond acceptors (Lipinski definition) is 6. The number of carboxylic acid groups (broad SMARTS) is 1. The zero-order chi connectivity index (χ0) is 32.3. The summed E-state index contributed by atoms with van der Waals surface area (Å²) in [5.74, 6) is -1.76. The molecule has 1 aromatic heterocycles. The maximum atomic E-state index is 14.0. The van der Waals surface area contributed by atoms with Gasteiger partial charge in [-0.3, -0.25) is 4.90 Å². The predicted octanol–water partition coefficient (Wildman–Crippen LogP) is 5.61.